The van der Waals surface area contributed by atoms with E-state index < -0.39 is 5.97 Å². The molecule has 0 saturated carbocycles. The van der Waals surface area contributed by atoms with Gasteiger partial charge in [0, 0.05) is 11.3 Å². The number of rotatable bonds is 12. The normalized spacial score (nSPS) is 27.1. The maximum absolute atomic E-state index is 10.5. The molecule has 144 valence electrons. The molecule has 5 heteroatoms. The molecule has 2 saturated heterocycles. The van der Waals surface area contributed by atoms with Gasteiger partial charge in [-0.25, -0.2) is 0 Å². The van der Waals surface area contributed by atoms with Crippen LogP contribution >= 0.6 is 23.5 Å². The van der Waals surface area contributed by atoms with Crippen LogP contribution in [0.5, 0.6) is 0 Å². The topological polar surface area (TPSA) is 46.5 Å². The Morgan fingerprint density at radius 1 is 1.00 bits per heavy atom. The highest BCUT2D eigenvalue weighted by atomic mass is 32.2. The maximum atomic E-state index is 10.5. The highest BCUT2D eigenvalue weighted by Gasteiger charge is 2.47. The standard InChI is InChI=1S/C21H30O3S2/c22-21(23)8-4-5-13-25-14-11-17-18(20-10-9-19(17)24-20)12-15-26-16-6-2-1-3-7-16/h1-3,6-7,17-20H,4-5,8-15H2,(H,22,23). The highest BCUT2D eigenvalue weighted by molar-refractivity contribution is 7.99. The number of unbranched alkanes of at least 4 members (excludes halogenated alkanes) is 1. The molecule has 2 fully saturated rings. The van der Waals surface area contributed by atoms with Crippen LogP contribution in [0.25, 0.3) is 0 Å². The summed E-state index contributed by atoms with van der Waals surface area (Å²) in [5.41, 5.74) is 0. The summed E-state index contributed by atoms with van der Waals surface area (Å²) in [5, 5.41) is 8.67. The molecule has 2 bridgehead atoms. The fraction of sp³-hybridized carbons (Fsp3) is 0.667. The predicted molar refractivity (Wildman–Crippen MR) is 110 cm³/mol. The van der Waals surface area contributed by atoms with Crippen molar-refractivity contribution in [2.45, 2.75) is 62.0 Å². The van der Waals surface area contributed by atoms with Crippen molar-refractivity contribution in [1.29, 1.82) is 0 Å². The first kappa shape index (κ1) is 20.1. The fourth-order valence-corrected chi connectivity index (χ4v) is 6.33. The van der Waals surface area contributed by atoms with Crippen LogP contribution in [-0.2, 0) is 9.53 Å². The lowest BCUT2D eigenvalue weighted by Crippen LogP contribution is -2.28. The molecule has 3 rings (SSSR count). The molecule has 4 atom stereocenters. The van der Waals surface area contributed by atoms with Crippen molar-refractivity contribution in [3.8, 4) is 0 Å². The first-order chi connectivity index (χ1) is 12.7. The van der Waals surface area contributed by atoms with Gasteiger partial charge >= 0.3 is 5.97 Å². The van der Waals surface area contributed by atoms with Crippen LogP contribution in [-0.4, -0.2) is 40.5 Å². The van der Waals surface area contributed by atoms with E-state index in [0.29, 0.717) is 18.6 Å². The smallest absolute Gasteiger partial charge is 0.303 e. The van der Waals surface area contributed by atoms with Gasteiger partial charge in [0.25, 0.3) is 0 Å². The van der Waals surface area contributed by atoms with Crippen LogP contribution in [0.4, 0.5) is 0 Å². The Kier molecular flexibility index (Phi) is 8.21. The summed E-state index contributed by atoms with van der Waals surface area (Å²) in [7, 11) is 0. The van der Waals surface area contributed by atoms with E-state index in [0.717, 1.165) is 30.4 Å². The van der Waals surface area contributed by atoms with E-state index in [4.69, 9.17) is 9.84 Å². The van der Waals surface area contributed by atoms with Crippen LogP contribution in [0.2, 0.25) is 0 Å². The van der Waals surface area contributed by atoms with E-state index >= 15 is 0 Å². The van der Waals surface area contributed by atoms with Gasteiger partial charge in [0.05, 0.1) is 12.2 Å². The lowest BCUT2D eigenvalue weighted by atomic mass is 9.76. The zero-order valence-corrected chi connectivity index (χ0v) is 17.0. The summed E-state index contributed by atoms with van der Waals surface area (Å²) < 4.78 is 6.24. The summed E-state index contributed by atoms with van der Waals surface area (Å²) in [4.78, 5) is 11.9. The molecule has 4 unspecified atom stereocenters. The average molecular weight is 395 g/mol. The molecule has 0 amide bonds. The van der Waals surface area contributed by atoms with Crippen molar-refractivity contribution < 1.29 is 14.6 Å². The van der Waals surface area contributed by atoms with E-state index in [1.165, 1.54) is 42.1 Å². The lowest BCUT2D eigenvalue weighted by Gasteiger charge is -2.28. The van der Waals surface area contributed by atoms with E-state index in [2.05, 4.69) is 30.3 Å². The molecule has 26 heavy (non-hydrogen) atoms. The number of hydrogen-bond acceptors (Lipinski definition) is 4. The molecule has 2 heterocycles. The van der Waals surface area contributed by atoms with Crippen molar-refractivity contribution in [3.05, 3.63) is 30.3 Å². The zero-order chi connectivity index (χ0) is 18.2. The Bertz CT molecular complexity index is 551. The van der Waals surface area contributed by atoms with Gasteiger partial charge in [0.15, 0.2) is 0 Å². The molecule has 0 aliphatic carbocycles. The van der Waals surface area contributed by atoms with Crippen LogP contribution < -0.4 is 0 Å². The van der Waals surface area contributed by atoms with Crippen molar-refractivity contribution in [1.82, 2.24) is 0 Å². The Balaban J connectivity index is 1.35. The second-order valence-electron chi connectivity index (χ2n) is 7.32. The Hall–Kier alpha value is -0.650. The summed E-state index contributed by atoms with van der Waals surface area (Å²) in [5.74, 6) is 4.25. The van der Waals surface area contributed by atoms with E-state index in [1.807, 2.05) is 23.5 Å². The van der Waals surface area contributed by atoms with Crippen molar-refractivity contribution in [3.63, 3.8) is 0 Å². The van der Waals surface area contributed by atoms with Gasteiger partial charge in [0.2, 0.25) is 0 Å². The monoisotopic (exact) mass is 394 g/mol. The number of benzene rings is 1. The van der Waals surface area contributed by atoms with Crippen LogP contribution in [0.1, 0.15) is 44.9 Å². The molecule has 2 aliphatic heterocycles. The minimum absolute atomic E-state index is 0.307. The largest absolute Gasteiger partial charge is 0.481 e. The quantitative estimate of drug-likeness (QED) is 0.383. The zero-order valence-electron chi connectivity index (χ0n) is 15.3. The summed E-state index contributed by atoms with van der Waals surface area (Å²) >= 11 is 3.96. The number of fused-ring (bicyclic) bond motifs is 2. The number of carboxylic acids is 1. The fourth-order valence-electron chi connectivity index (χ4n) is 4.30. The first-order valence-corrected chi connectivity index (χ1v) is 12.0. The van der Waals surface area contributed by atoms with Gasteiger partial charge in [-0.05, 0) is 79.8 Å². The Labute approximate surface area is 165 Å². The highest BCUT2D eigenvalue weighted by Crippen LogP contribution is 2.47. The number of hydrogen-bond donors (Lipinski definition) is 1. The molecular formula is C21H30O3S2. The summed E-state index contributed by atoms with van der Waals surface area (Å²) in [6.45, 7) is 0. The first-order valence-electron chi connectivity index (χ1n) is 9.87. The third kappa shape index (κ3) is 5.93. The van der Waals surface area contributed by atoms with Crippen LogP contribution in [0, 0.1) is 11.8 Å². The second kappa shape index (κ2) is 10.6. The van der Waals surface area contributed by atoms with E-state index in [1.54, 1.807) is 0 Å². The van der Waals surface area contributed by atoms with Crippen LogP contribution in [0.3, 0.4) is 0 Å². The van der Waals surface area contributed by atoms with Gasteiger partial charge < -0.3 is 9.84 Å². The van der Waals surface area contributed by atoms with E-state index in [-0.39, 0.29) is 0 Å². The minimum atomic E-state index is -0.676. The number of carbonyl (C=O) groups is 1. The number of aliphatic carboxylic acids is 1. The van der Waals surface area contributed by atoms with Crippen molar-refractivity contribution in [2.24, 2.45) is 11.8 Å². The molecule has 1 aromatic rings. The lowest BCUT2D eigenvalue weighted by molar-refractivity contribution is -0.137. The van der Waals surface area contributed by atoms with Gasteiger partial charge in [-0.15, -0.1) is 11.8 Å². The van der Waals surface area contributed by atoms with E-state index in [9.17, 15) is 4.79 Å². The summed E-state index contributed by atoms with van der Waals surface area (Å²) in [6.07, 6.45) is 8.15. The molecule has 0 aromatic heterocycles. The Morgan fingerprint density at radius 2 is 1.69 bits per heavy atom. The molecule has 0 spiro atoms. The molecule has 1 N–H and O–H groups in total. The third-order valence-corrected chi connectivity index (χ3v) is 7.73. The minimum Gasteiger partial charge on any atom is -0.481 e. The molecule has 2 aliphatic rings. The average Bonchev–Trinajstić information content (AvgIpc) is 3.24. The molecule has 1 aromatic carbocycles. The number of carboxylic acid groups (broad SMARTS) is 1. The summed E-state index contributed by atoms with van der Waals surface area (Å²) in [6, 6.07) is 10.7. The molecule has 0 radical (unpaired) electrons. The Morgan fingerprint density at radius 3 is 2.38 bits per heavy atom. The number of thioether (sulfide) groups is 2. The maximum Gasteiger partial charge on any atom is 0.303 e. The SMILES string of the molecule is O=C(O)CCCCSCCC1C2CCC(O2)C1CCSc1ccccc1. The van der Waals surface area contributed by atoms with Gasteiger partial charge in [-0.1, -0.05) is 18.2 Å². The van der Waals surface area contributed by atoms with Gasteiger partial charge in [0.1, 0.15) is 0 Å². The number of ether oxygens (including phenoxy) is 1. The second-order valence-corrected chi connectivity index (χ2v) is 9.71. The van der Waals surface area contributed by atoms with Crippen molar-refractivity contribution in [2.75, 3.05) is 17.3 Å². The van der Waals surface area contributed by atoms with Crippen molar-refractivity contribution >= 4 is 29.5 Å². The third-order valence-electron chi connectivity index (χ3n) is 5.58. The van der Waals surface area contributed by atoms with Gasteiger partial charge in [-0.2, -0.15) is 11.8 Å². The van der Waals surface area contributed by atoms with Crippen LogP contribution in [0.15, 0.2) is 35.2 Å². The predicted octanol–water partition coefficient (Wildman–Crippen LogP) is 5.34. The molecular weight excluding hydrogens is 364 g/mol. The molecule has 3 nitrogen and oxygen atoms in total. The van der Waals surface area contributed by atoms with Gasteiger partial charge in [-0.3, -0.25) is 4.79 Å².